The Labute approximate surface area is 127 Å². The quantitative estimate of drug-likeness (QED) is 0.799. The van der Waals surface area contributed by atoms with Crippen molar-refractivity contribution < 1.29 is 9.53 Å². The summed E-state index contributed by atoms with van der Waals surface area (Å²) in [5, 5.41) is 0. The van der Waals surface area contributed by atoms with Crippen molar-refractivity contribution in [3.05, 3.63) is 35.9 Å². The topological polar surface area (TPSA) is 29.5 Å². The van der Waals surface area contributed by atoms with Crippen molar-refractivity contribution in [3.8, 4) is 0 Å². The van der Waals surface area contributed by atoms with Crippen LogP contribution in [-0.4, -0.2) is 31.1 Å². The number of hydrogen-bond donors (Lipinski definition) is 0. The van der Waals surface area contributed by atoms with Gasteiger partial charge in [0.05, 0.1) is 13.0 Å². The summed E-state index contributed by atoms with van der Waals surface area (Å²) in [6.07, 6.45) is 5.72. The SMILES string of the molecule is COC(=O)[C@H]1CCC[C@@]12CCCN(Cc1ccccc1)C2. The molecule has 0 amide bonds. The fourth-order valence-corrected chi connectivity index (χ4v) is 4.37. The first-order valence-electron chi connectivity index (χ1n) is 8.08. The molecule has 0 radical (unpaired) electrons. The van der Waals surface area contributed by atoms with E-state index in [1.165, 1.54) is 38.4 Å². The number of ether oxygens (including phenoxy) is 1. The standard InChI is InChI=1S/C18H25NO2/c1-21-17(20)16-9-5-10-18(16)11-6-12-19(14-18)13-15-7-3-2-4-8-15/h2-4,7-8,16H,5-6,9-14H2,1H3/t16-,18+/m1/s1. The van der Waals surface area contributed by atoms with Gasteiger partial charge in [-0.2, -0.15) is 0 Å². The maximum atomic E-state index is 12.1. The summed E-state index contributed by atoms with van der Waals surface area (Å²) in [5.41, 5.74) is 1.53. The van der Waals surface area contributed by atoms with Gasteiger partial charge in [0.15, 0.2) is 0 Å². The van der Waals surface area contributed by atoms with Crippen LogP contribution in [0.1, 0.15) is 37.7 Å². The summed E-state index contributed by atoms with van der Waals surface area (Å²) in [4.78, 5) is 14.6. The molecule has 2 fully saturated rings. The number of carbonyl (C=O) groups is 1. The predicted molar refractivity (Wildman–Crippen MR) is 82.7 cm³/mol. The van der Waals surface area contributed by atoms with E-state index in [1.807, 2.05) is 0 Å². The molecule has 21 heavy (non-hydrogen) atoms. The van der Waals surface area contributed by atoms with Crippen LogP contribution in [0.25, 0.3) is 0 Å². The highest BCUT2D eigenvalue weighted by Gasteiger charge is 2.49. The molecule has 0 aromatic heterocycles. The van der Waals surface area contributed by atoms with Crippen molar-refractivity contribution >= 4 is 5.97 Å². The number of benzene rings is 1. The predicted octanol–water partition coefficient (Wildman–Crippen LogP) is 3.24. The van der Waals surface area contributed by atoms with Crippen molar-refractivity contribution in [2.24, 2.45) is 11.3 Å². The van der Waals surface area contributed by atoms with Crippen LogP contribution in [0.5, 0.6) is 0 Å². The van der Waals surface area contributed by atoms with Crippen LogP contribution in [0.2, 0.25) is 0 Å². The lowest BCUT2D eigenvalue weighted by Crippen LogP contribution is -2.46. The largest absolute Gasteiger partial charge is 0.469 e. The molecule has 1 saturated carbocycles. The van der Waals surface area contributed by atoms with E-state index in [1.54, 1.807) is 0 Å². The van der Waals surface area contributed by atoms with Gasteiger partial charge in [-0.15, -0.1) is 0 Å². The lowest BCUT2D eigenvalue weighted by atomic mass is 9.72. The van der Waals surface area contributed by atoms with Crippen molar-refractivity contribution in [1.82, 2.24) is 4.90 Å². The maximum Gasteiger partial charge on any atom is 0.309 e. The third kappa shape index (κ3) is 2.98. The van der Waals surface area contributed by atoms with Crippen LogP contribution < -0.4 is 0 Å². The van der Waals surface area contributed by atoms with Gasteiger partial charge < -0.3 is 4.74 Å². The first-order chi connectivity index (χ1) is 10.2. The van der Waals surface area contributed by atoms with Gasteiger partial charge in [-0.25, -0.2) is 0 Å². The first kappa shape index (κ1) is 14.6. The molecule has 1 aromatic rings. The molecule has 0 bridgehead atoms. The van der Waals surface area contributed by atoms with E-state index < -0.39 is 0 Å². The Balaban J connectivity index is 1.71. The Bertz CT molecular complexity index is 487. The molecular weight excluding hydrogens is 262 g/mol. The molecule has 0 N–H and O–H groups in total. The average molecular weight is 287 g/mol. The van der Waals surface area contributed by atoms with Gasteiger partial charge in [0, 0.05) is 13.1 Å². The molecule has 3 rings (SSSR count). The minimum Gasteiger partial charge on any atom is -0.469 e. The number of esters is 1. The average Bonchev–Trinajstić information content (AvgIpc) is 2.90. The summed E-state index contributed by atoms with van der Waals surface area (Å²) in [6, 6.07) is 10.6. The molecule has 3 nitrogen and oxygen atoms in total. The highest BCUT2D eigenvalue weighted by Crippen LogP contribution is 2.49. The molecule has 1 spiro atoms. The second-order valence-electron chi connectivity index (χ2n) is 6.63. The smallest absolute Gasteiger partial charge is 0.309 e. The zero-order chi connectivity index (χ0) is 14.7. The minimum atomic E-state index is 0.00839. The van der Waals surface area contributed by atoms with Crippen LogP contribution in [0.3, 0.4) is 0 Å². The Morgan fingerprint density at radius 1 is 1.29 bits per heavy atom. The molecule has 0 unspecified atom stereocenters. The lowest BCUT2D eigenvalue weighted by molar-refractivity contribution is -0.151. The van der Waals surface area contributed by atoms with Crippen molar-refractivity contribution in [2.75, 3.05) is 20.2 Å². The summed E-state index contributed by atoms with van der Waals surface area (Å²) >= 11 is 0. The van der Waals surface area contributed by atoms with Crippen LogP contribution in [0, 0.1) is 11.3 Å². The van der Waals surface area contributed by atoms with Gasteiger partial charge in [-0.1, -0.05) is 36.8 Å². The third-order valence-electron chi connectivity index (χ3n) is 5.33. The van der Waals surface area contributed by atoms with Crippen molar-refractivity contribution in [1.29, 1.82) is 0 Å². The normalized spacial score (nSPS) is 29.7. The van der Waals surface area contributed by atoms with E-state index in [9.17, 15) is 4.79 Å². The second-order valence-corrected chi connectivity index (χ2v) is 6.63. The van der Waals surface area contributed by atoms with Gasteiger partial charge in [-0.3, -0.25) is 9.69 Å². The van der Waals surface area contributed by atoms with E-state index in [2.05, 4.69) is 35.2 Å². The third-order valence-corrected chi connectivity index (χ3v) is 5.33. The molecule has 1 aromatic carbocycles. The Kier molecular flexibility index (Phi) is 4.29. The molecule has 1 saturated heterocycles. The van der Waals surface area contributed by atoms with Crippen LogP contribution >= 0.6 is 0 Å². The number of hydrogen-bond acceptors (Lipinski definition) is 3. The van der Waals surface area contributed by atoms with E-state index in [-0.39, 0.29) is 17.3 Å². The monoisotopic (exact) mass is 287 g/mol. The van der Waals surface area contributed by atoms with E-state index in [0.717, 1.165) is 26.1 Å². The minimum absolute atomic E-state index is 0.00839. The van der Waals surface area contributed by atoms with Crippen molar-refractivity contribution in [2.45, 2.75) is 38.6 Å². The summed E-state index contributed by atoms with van der Waals surface area (Å²) in [6.45, 7) is 3.18. The first-order valence-corrected chi connectivity index (χ1v) is 8.08. The molecule has 2 aliphatic rings. The molecule has 3 heteroatoms. The highest BCUT2D eigenvalue weighted by molar-refractivity contribution is 5.73. The number of methoxy groups -OCH3 is 1. The molecular formula is C18H25NO2. The van der Waals surface area contributed by atoms with Crippen LogP contribution in [0.4, 0.5) is 0 Å². The van der Waals surface area contributed by atoms with E-state index in [0.29, 0.717) is 0 Å². The summed E-state index contributed by atoms with van der Waals surface area (Å²) in [5.74, 6) is 0.120. The van der Waals surface area contributed by atoms with Crippen LogP contribution in [-0.2, 0) is 16.1 Å². The Morgan fingerprint density at radius 3 is 2.81 bits per heavy atom. The molecule has 1 aliphatic carbocycles. The number of rotatable bonds is 3. The number of piperidine rings is 1. The number of nitrogens with zero attached hydrogens (tertiary/aromatic N) is 1. The molecule has 114 valence electrons. The van der Waals surface area contributed by atoms with Gasteiger partial charge in [0.25, 0.3) is 0 Å². The fourth-order valence-electron chi connectivity index (χ4n) is 4.37. The van der Waals surface area contributed by atoms with Gasteiger partial charge in [0.2, 0.25) is 0 Å². The molecule has 1 heterocycles. The Hall–Kier alpha value is -1.35. The lowest BCUT2D eigenvalue weighted by Gasteiger charge is -2.43. The molecule has 1 aliphatic heterocycles. The number of carbonyl (C=O) groups excluding carboxylic acids is 1. The second kappa shape index (κ2) is 6.18. The van der Waals surface area contributed by atoms with E-state index >= 15 is 0 Å². The fraction of sp³-hybridized carbons (Fsp3) is 0.611. The number of likely N-dealkylation sites (tertiary alicyclic amines) is 1. The Morgan fingerprint density at radius 2 is 2.05 bits per heavy atom. The van der Waals surface area contributed by atoms with Crippen LogP contribution in [0.15, 0.2) is 30.3 Å². The van der Waals surface area contributed by atoms with E-state index in [4.69, 9.17) is 4.74 Å². The summed E-state index contributed by atoms with van der Waals surface area (Å²) in [7, 11) is 1.53. The molecule has 2 atom stereocenters. The van der Waals surface area contributed by atoms with Gasteiger partial charge in [0.1, 0.15) is 0 Å². The zero-order valence-corrected chi connectivity index (χ0v) is 12.9. The van der Waals surface area contributed by atoms with Gasteiger partial charge in [-0.05, 0) is 43.2 Å². The van der Waals surface area contributed by atoms with Gasteiger partial charge >= 0.3 is 5.97 Å². The van der Waals surface area contributed by atoms with Crippen molar-refractivity contribution in [3.63, 3.8) is 0 Å². The zero-order valence-electron chi connectivity index (χ0n) is 12.9. The highest BCUT2D eigenvalue weighted by atomic mass is 16.5. The summed E-state index contributed by atoms with van der Waals surface area (Å²) < 4.78 is 5.06. The maximum absolute atomic E-state index is 12.1.